The number of nitrogens with zero attached hydrogens (tertiary/aromatic N) is 1. The summed E-state index contributed by atoms with van der Waals surface area (Å²) in [6, 6.07) is 2.06. The maximum absolute atomic E-state index is 13.9. The molecule has 2 rings (SSSR count). The van der Waals surface area contributed by atoms with E-state index in [0.717, 1.165) is 25.4 Å². The van der Waals surface area contributed by atoms with Gasteiger partial charge in [-0.2, -0.15) is 0 Å². The van der Waals surface area contributed by atoms with Gasteiger partial charge in [0, 0.05) is 44.6 Å². The quantitative estimate of drug-likeness (QED) is 0.859. The van der Waals surface area contributed by atoms with Crippen LogP contribution in [0.15, 0.2) is 12.1 Å². The third-order valence-corrected chi connectivity index (χ3v) is 4.08. The highest BCUT2D eigenvalue weighted by Crippen LogP contribution is 2.28. The number of ether oxygens (including phenoxy) is 1. The second kappa shape index (κ2) is 7.94. The lowest BCUT2D eigenvalue weighted by atomic mass is 10.2. The fraction of sp³-hybridized carbons (Fsp3) is 0.538. The van der Waals surface area contributed by atoms with Crippen molar-refractivity contribution in [1.29, 1.82) is 0 Å². The molecule has 0 saturated carbocycles. The van der Waals surface area contributed by atoms with Crippen LogP contribution < -0.4 is 15.0 Å². The minimum Gasteiger partial charge on any atom is -0.489 e. The second-order valence-corrected chi connectivity index (χ2v) is 7.21. The zero-order valence-electron chi connectivity index (χ0n) is 12.1. The smallest absolute Gasteiger partial charge is 0.168 e. The molecule has 1 aliphatic heterocycles. The second-order valence-electron chi connectivity index (χ2n) is 4.95. The van der Waals surface area contributed by atoms with Crippen LogP contribution in [0.1, 0.15) is 0 Å². The van der Waals surface area contributed by atoms with Gasteiger partial charge in [0.1, 0.15) is 12.4 Å². The van der Waals surface area contributed by atoms with E-state index in [1.165, 1.54) is 6.07 Å². The fourth-order valence-electron chi connectivity index (χ4n) is 2.08. The van der Waals surface area contributed by atoms with E-state index < -0.39 is 21.5 Å². The van der Waals surface area contributed by atoms with Crippen LogP contribution in [0.4, 0.5) is 14.5 Å². The van der Waals surface area contributed by atoms with Crippen LogP contribution >= 0.6 is 12.4 Å². The Bertz CT molecular complexity index is 608. The Morgan fingerprint density at radius 1 is 1.23 bits per heavy atom. The maximum atomic E-state index is 13.9. The van der Waals surface area contributed by atoms with E-state index in [0.29, 0.717) is 13.1 Å². The summed E-state index contributed by atoms with van der Waals surface area (Å²) in [5.74, 6) is -1.83. The van der Waals surface area contributed by atoms with Crippen molar-refractivity contribution in [2.45, 2.75) is 0 Å². The Morgan fingerprint density at radius 3 is 2.45 bits per heavy atom. The topological polar surface area (TPSA) is 58.6 Å². The van der Waals surface area contributed by atoms with Crippen molar-refractivity contribution < 1.29 is 21.9 Å². The summed E-state index contributed by atoms with van der Waals surface area (Å²) in [5.41, 5.74) is 0.271. The molecule has 0 atom stereocenters. The van der Waals surface area contributed by atoms with E-state index in [9.17, 15) is 17.2 Å². The number of anilines is 1. The van der Waals surface area contributed by atoms with Crippen LogP contribution in [-0.4, -0.2) is 53.2 Å². The standard InChI is InChI=1S/C13H18F2N2O3S.ClH/c1-21(18,19)7-6-20-13-9-12(10(14)8-11(13)15)17-4-2-16-3-5-17;/h8-9,16H,2-7H2,1H3;1H. The van der Waals surface area contributed by atoms with E-state index in [1.54, 1.807) is 4.90 Å². The molecule has 0 aromatic heterocycles. The van der Waals surface area contributed by atoms with Crippen molar-refractivity contribution in [3.05, 3.63) is 23.8 Å². The molecular formula is C13H19ClF2N2O3S. The molecule has 1 saturated heterocycles. The van der Waals surface area contributed by atoms with Crippen LogP contribution in [0.3, 0.4) is 0 Å². The number of halogens is 3. The highest BCUT2D eigenvalue weighted by molar-refractivity contribution is 7.90. The molecule has 1 N–H and O–H groups in total. The molecule has 22 heavy (non-hydrogen) atoms. The van der Waals surface area contributed by atoms with Gasteiger partial charge in [0.2, 0.25) is 0 Å². The number of nitrogens with one attached hydrogen (secondary N) is 1. The number of sulfone groups is 1. The van der Waals surface area contributed by atoms with Gasteiger partial charge in [0.05, 0.1) is 11.4 Å². The Hall–Kier alpha value is -1.12. The molecule has 9 heteroatoms. The molecule has 0 bridgehead atoms. The third kappa shape index (κ3) is 5.26. The number of rotatable bonds is 5. The van der Waals surface area contributed by atoms with Crippen molar-refractivity contribution in [2.24, 2.45) is 0 Å². The molecule has 1 aromatic carbocycles. The fourth-order valence-corrected chi connectivity index (χ4v) is 2.47. The normalized spacial score (nSPS) is 15.3. The number of hydrogen-bond acceptors (Lipinski definition) is 5. The van der Waals surface area contributed by atoms with Crippen LogP contribution in [0.5, 0.6) is 5.75 Å². The molecule has 5 nitrogen and oxygen atoms in total. The van der Waals surface area contributed by atoms with Gasteiger partial charge in [-0.25, -0.2) is 17.2 Å². The zero-order chi connectivity index (χ0) is 15.5. The van der Waals surface area contributed by atoms with Crippen molar-refractivity contribution in [3.8, 4) is 5.75 Å². The Labute approximate surface area is 135 Å². The lowest BCUT2D eigenvalue weighted by molar-refractivity contribution is 0.321. The molecule has 0 aliphatic carbocycles. The van der Waals surface area contributed by atoms with Crippen LogP contribution in [0, 0.1) is 11.6 Å². The zero-order valence-corrected chi connectivity index (χ0v) is 13.8. The van der Waals surface area contributed by atoms with E-state index >= 15 is 0 Å². The van der Waals surface area contributed by atoms with Crippen molar-refractivity contribution >= 4 is 27.9 Å². The largest absolute Gasteiger partial charge is 0.489 e. The minimum atomic E-state index is -3.19. The molecule has 0 radical (unpaired) electrons. The number of hydrogen-bond donors (Lipinski definition) is 1. The number of piperazine rings is 1. The Kier molecular flexibility index (Phi) is 6.83. The molecular weight excluding hydrogens is 338 g/mol. The average Bonchev–Trinajstić information content (AvgIpc) is 2.41. The minimum absolute atomic E-state index is 0. The first-order valence-corrected chi connectivity index (χ1v) is 8.68. The van der Waals surface area contributed by atoms with Gasteiger partial charge in [-0.15, -0.1) is 12.4 Å². The summed E-state index contributed by atoms with van der Waals surface area (Å²) in [5, 5.41) is 3.14. The number of benzene rings is 1. The van der Waals surface area contributed by atoms with E-state index in [-0.39, 0.29) is 36.2 Å². The first-order valence-electron chi connectivity index (χ1n) is 6.62. The lowest BCUT2D eigenvalue weighted by Gasteiger charge is -2.30. The van der Waals surface area contributed by atoms with Crippen molar-refractivity contribution in [2.75, 3.05) is 49.7 Å². The highest BCUT2D eigenvalue weighted by atomic mass is 35.5. The third-order valence-electron chi connectivity index (χ3n) is 3.17. The summed E-state index contributed by atoms with van der Waals surface area (Å²) in [7, 11) is -3.19. The summed E-state index contributed by atoms with van der Waals surface area (Å²) in [6.45, 7) is 2.52. The monoisotopic (exact) mass is 356 g/mol. The molecule has 1 fully saturated rings. The predicted molar refractivity (Wildman–Crippen MR) is 83.9 cm³/mol. The van der Waals surface area contributed by atoms with Gasteiger partial charge in [-0.05, 0) is 0 Å². The van der Waals surface area contributed by atoms with Gasteiger partial charge in [-0.1, -0.05) is 0 Å². The summed E-state index contributed by atoms with van der Waals surface area (Å²) >= 11 is 0. The Morgan fingerprint density at radius 2 is 1.86 bits per heavy atom. The molecule has 1 aromatic rings. The SMILES string of the molecule is CS(=O)(=O)CCOc1cc(N2CCNCC2)c(F)cc1F.Cl. The van der Waals surface area contributed by atoms with E-state index in [4.69, 9.17) is 4.74 Å². The summed E-state index contributed by atoms with van der Waals surface area (Å²) in [4.78, 5) is 1.80. The van der Waals surface area contributed by atoms with Gasteiger partial charge in [0.15, 0.2) is 21.4 Å². The molecule has 126 valence electrons. The first-order chi connectivity index (χ1) is 9.87. The van der Waals surface area contributed by atoms with Crippen LogP contribution in [0.25, 0.3) is 0 Å². The van der Waals surface area contributed by atoms with Crippen molar-refractivity contribution in [3.63, 3.8) is 0 Å². The van der Waals surface area contributed by atoms with Crippen LogP contribution in [0.2, 0.25) is 0 Å². The Balaban J connectivity index is 0.00000242. The van der Waals surface area contributed by atoms with E-state index in [2.05, 4.69) is 5.32 Å². The first kappa shape index (κ1) is 18.9. The van der Waals surface area contributed by atoms with E-state index in [1.807, 2.05) is 0 Å². The average molecular weight is 357 g/mol. The van der Waals surface area contributed by atoms with Gasteiger partial charge >= 0.3 is 0 Å². The molecule has 1 heterocycles. The highest BCUT2D eigenvalue weighted by Gasteiger charge is 2.18. The molecule has 0 unspecified atom stereocenters. The lowest BCUT2D eigenvalue weighted by Crippen LogP contribution is -2.43. The predicted octanol–water partition coefficient (Wildman–Crippen LogP) is 1.22. The molecule has 1 aliphatic rings. The van der Waals surface area contributed by atoms with Crippen molar-refractivity contribution in [1.82, 2.24) is 5.32 Å². The molecule has 0 amide bonds. The van der Waals surface area contributed by atoms with Gasteiger partial charge in [-0.3, -0.25) is 0 Å². The maximum Gasteiger partial charge on any atom is 0.168 e. The van der Waals surface area contributed by atoms with Gasteiger partial charge in [0.25, 0.3) is 0 Å². The summed E-state index contributed by atoms with van der Waals surface area (Å²) < 4.78 is 54.7. The van der Waals surface area contributed by atoms with Gasteiger partial charge < -0.3 is 15.0 Å². The summed E-state index contributed by atoms with van der Waals surface area (Å²) in [6.07, 6.45) is 1.07. The molecule has 0 spiro atoms. The van der Waals surface area contributed by atoms with Crippen LogP contribution in [-0.2, 0) is 9.84 Å².